The van der Waals surface area contributed by atoms with E-state index in [0.717, 1.165) is 82.3 Å². The second-order valence-electron chi connectivity index (χ2n) is 20.6. The third kappa shape index (κ3) is 29.5. The summed E-state index contributed by atoms with van der Waals surface area (Å²) in [5.74, 6) is 2.27. The molecule has 0 aromatic rings. The quantitative estimate of drug-likeness (QED) is 0.0516. The molecule has 0 radical (unpaired) electrons. The molecule has 0 unspecified atom stereocenters. The molecule has 2 heterocycles. The summed E-state index contributed by atoms with van der Waals surface area (Å²) < 4.78 is 0. The molecule has 2 saturated heterocycles. The zero-order chi connectivity index (χ0) is 47.7. The van der Waals surface area contributed by atoms with Crippen molar-refractivity contribution in [1.29, 1.82) is 0 Å². The Morgan fingerprint density at radius 3 is 1.05 bits per heavy atom. The van der Waals surface area contributed by atoms with Gasteiger partial charge in [-0.1, -0.05) is 116 Å². The van der Waals surface area contributed by atoms with E-state index in [1.807, 2.05) is 11.8 Å². The molecule has 2 aliphatic heterocycles. The molecule has 0 spiro atoms. The number of hydrogen-bond donors (Lipinski definition) is 1. The summed E-state index contributed by atoms with van der Waals surface area (Å²) in [6, 6.07) is 0. The number of nitrogens with zero attached hydrogens (tertiary/aromatic N) is 1. The zero-order valence-electron chi connectivity index (χ0n) is 44.3. The number of fused-ring (bicyclic) bond motifs is 1. The van der Waals surface area contributed by atoms with Crippen LogP contribution in [0.2, 0.25) is 0 Å². The van der Waals surface area contributed by atoms with E-state index >= 15 is 0 Å². The fourth-order valence-electron chi connectivity index (χ4n) is 9.30. The van der Waals surface area contributed by atoms with Crippen LogP contribution in [0.5, 0.6) is 0 Å². The Balaban J connectivity index is 1.50. The molecular formula is C61H100N2OS. The van der Waals surface area contributed by atoms with E-state index in [1.165, 1.54) is 146 Å². The Hall–Kier alpha value is -2.82. The standard InChI is InChI=1S/C61H100N2OS/c1-50(2)23-12-24-51(3)25-13-26-52(4)27-14-28-53(5)29-15-30-54(6)31-16-32-55(7)33-17-34-56(8)35-18-36-57(9)37-19-38-58(10)39-20-40-59(11)41-47-65-48-44-62-60(64)49-61-42-21-45-63(61)46-22-43-61/h23,25,27,29,31,33,35,37,39,41H,12-22,24,26,28,30,32,34,36,38,40,42-49H2,1-11H3,(H,62,64). The fourth-order valence-corrected chi connectivity index (χ4v) is 10.1. The zero-order valence-corrected chi connectivity index (χ0v) is 45.2. The first kappa shape index (κ1) is 58.3. The van der Waals surface area contributed by atoms with Crippen LogP contribution in [0.1, 0.15) is 224 Å². The average Bonchev–Trinajstić information content (AvgIpc) is 3.82. The molecule has 0 aromatic carbocycles. The van der Waals surface area contributed by atoms with Crippen molar-refractivity contribution in [3.05, 3.63) is 116 Å². The van der Waals surface area contributed by atoms with Gasteiger partial charge < -0.3 is 5.32 Å². The van der Waals surface area contributed by atoms with Crippen LogP contribution in [0, 0.1) is 0 Å². The van der Waals surface area contributed by atoms with Gasteiger partial charge in [-0.05, 0) is 231 Å². The molecule has 1 amide bonds. The number of thioether (sulfide) groups is 1. The lowest BCUT2D eigenvalue weighted by Crippen LogP contribution is -2.43. The van der Waals surface area contributed by atoms with Crippen LogP contribution in [-0.2, 0) is 4.79 Å². The molecule has 2 fully saturated rings. The molecule has 3 nitrogen and oxygen atoms in total. The number of hydrogen-bond acceptors (Lipinski definition) is 3. The minimum Gasteiger partial charge on any atom is -0.355 e. The summed E-state index contributed by atoms with van der Waals surface area (Å²) >= 11 is 1.92. The molecule has 2 aliphatic rings. The van der Waals surface area contributed by atoms with Gasteiger partial charge in [0.05, 0.1) is 0 Å². The maximum absolute atomic E-state index is 12.6. The maximum atomic E-state index is 12.6. The van der Waals surface area contributed by atoms with Crippen molar-refractivity contribution in [2.24, 2.45) is 0 Å². The molecular weight excluding hydrogens is 809 g/mol. The van der Waals surface area contributed by atoms with Crippen molar-refractivity contribution in [1.82, 2.24) is 10.2 Å². The normalized spacial score (nSPS) is 17.3. The third-order valence-corrected chi connectivity index (χ3v) is 14.7. The highest BCUT2D eigenvalue weighted by Crippen LogP contribution is 2.41. The van der Waals surface area contributed by atoms with E-state index in [2.05, 4.69) is 147 Å². The van der Waals surface area contributed by atoms with Gasteiger partial charge in [0.1, 0.15) is 0 Å². The van der Waals surface area contributed by atoms with Gasteiger partial charge in [0.25, 0.3) is 0 Å². The number of nitrogens with one attached hydrogen (secondary N) is 1. The van der Waals surface area contributed by atoms with Crippen LogP contribution in [0.4, 0.5) is 0 Å². The van der Waals surface area contributed by atoms with Crippen LogP contribution < -0.4 is 5.32 Å². The van der Waals surface area contributed by atoms with E-state index in [4.69, 9.17) is 0 Å². The predicted molar refractivity (Wildman–Crippen MR) is 294 cm³/mol. The fraction of sp³-hybridized carbons (Fsp3) is 0.656. The lowest BCUT2D eigenvalue weighted by atomic mass is 9.90. The highest BCUT2D eigenvalue weighted by molar-refractivity contribution is 7.99. The van der Waals surface area contributed by atoms with Crippen molar-refractivity contribution >= 4 is 17.7 Å². The Morgan fingerprint density at radius 1 is 0.446 bits per heavy atom. The van der Waals surface area contributed by atoms with Crippen molar-refractivity contribution < 1.29 is 4.79 Å². The van der Waals surface area contributed by atoms with Crippen LogP contribution in [-0.4, -0.2) is 47.5 Å². The molecule has 0 bridgehead atoms. The molecule has 2 rings (SSSR count). The van der Waals surface area contributed by atoms with Crippen molar-refractivity contribution in [3.63, 3.8) is 0 Å². The minimum atomic E-state index is 0.187. The smallest absolute Gasteiger partial charge is 0.221 e. The minimum absolute atomic E-state index is 0.187. The first-order valence-electron chi connectivity index (χ1n) is 26.3. The summed E-state index contributed by atoms with van der Waals surface area (Å²) in [6.45, 7) is 28.2. The summed E-state index contributed by atoms with van der Waals surface area (Å²) in [6.07, 6.45) is 50.9. The SMILES string of the molecule is CC(C)=CCCC(C)=CCCC(C)=CCCC(C)=CCCC(C)=CCCC(C)=CCCC(C)=CCCC(C)=CCCC(C)=CCCC(C)=CCSCCNC(=O)CC12CCCN1CCC2. The predicted octanol–water partition coefficient (Wildman–Crippen LogP) is 18.4. The average molecular weight is 910 g/mol. The van der Waals surface area contributed by atoms with Crippen molar-refractivity contribution in [2.45, 2.75) is 229 Å². The molecule has 0 saturated carbocycles. The monoisotopic (exact) mass is 909 g/mol. The van der Waals surface area contributed by atoms with Crippen molar-refractivity contribution in [3.8, 4) is 0 Å². The number of amides is 1. The van der Waals surface area contributed by atoms with Gasteiger partial charge in [0, 0.05) is 30.0 Å². The second-order valence-corrected chi connectivity index (χ2v) is 21.8. The summed E-state index contributed by atoms with van der Waals surface area (Å²) in [5, 5.41) is 3.19. The van der Waals surface area contributed by atoms with Crippen molar-refractivity contribution in [2.75, 3.05) is 31.1 Å². The van der Waals surface area contributed by atoms with Gasteiger partial charge >= 0.3 is 0 Å². The Kier molecular flexibility index (Phi) is 31.7. The van der Waals surface area contributed by atoms with E-state index in [1.54, 1.807) is 0 Å². The van der Waals surface area contributed by atoms with Gasteiger partial charge in [-0.2, -0.15) is 11.8 Å². The number of allylic oxidation sites excluding steroid dienone is 19. The number of carbonyl (C=O) groups excluding carboxylic acids is 1. The maximum Gasteiger partial charge on any atom is 0.221 e. The van der Waals surface area contributed by atoms with Gasteiger partial charge in [0.15, 0.2) is 0 Å². The topological polar surface area (TPSA) is 32.3 Å². The van der Waals surface area contributed by atoms with E-state index in [0.29, 0.717) is 6.42 Å². The summed E-state index contributed by atoms with van der Waals surface area (Å²) in [5.41, 5.74) is 15.3. The van der Waals surface area contributed by atoms with Gasteiger partial charge in [-0.3, -0.25) is 9.69 Å². The molecule has 366 valence electrons. The van der Waals surface area contributed by atoms with Crippen LogP contribution in [0.15, 0.2) is 116 Å². The summed E-state index contributed by atoms with van der Waals surface area (Å²) in [4.78, 5) is 15.2. The second kappa shape index (κ2) is 35.3. The lowest BCUT2D eigenvalue weighted by Gasteiger charge is -2.31. The molecule has 1 N–H and O–H groups in total. The molecule has 4 heteroatoms. The third-order valence-electron chi connectivity index (χ3n) is 13.8. The van der Waals surface area contributed by atoms with Gasteiger partial charge in [0.2, 0.25) is 5.91 Å². The molecule has 0 aliphatic carbocycles. The van der Waals surface area contributed by atoms with Crippen LogP contribution in [0.25, 0.3) is 0 Å². The van der Waals surface area contributed by atoms with Crippen LogP contribution in [0.3, 0.4) is 0 Å². The van der Waals surface area contributed by atoms with E-state index in [-0.39, 0.29) is 11.4 Å². The highest BCUT2D eigenvalue weighted by Gasteiger charge is 2.45. The van der Waals surface area contributed by atoms with Gasteiger partial charge in [-0.25, -0.2) is 0 Å². The largest absolute Gasteiger partial charge is 0.355 e. The molecule has 0 aromatic heterocycles. The molecule has 0 atom stereocenters. The Morgan fingerprint density at radius 2 is 0.738 bits per heavy atom. The van der Waals surface area contributed by atoms with Crippen LogP contribution >= 0.6 is 11.8 Å². The molecule has 65 heavy (non-hydrogen) atoms. The highest BCUT2D eigenvalue weighted by atomic mass is 32.2. The lowest BCUT2D eigenvalue weighted by molar-refractivity contribution is -0.123. The first-order valence-corrected chi connectivity index (χ1v) is 27.5. The summed E-state index contributed by atoms with van der Waals surface area (Å²) in [7, 11) is 0. The Bertz CT molecular complexity index is 1690. The van der Waals surface area contributed by atoms with Gasteiger partial charge in [-0.15, -0.1) is 0 Å². The van der Waals surface area contributed by atoms with E-state index in [9.17, 15) is 4.79 Å². The number of rotatable bonds is 34. The Labute approximate surface area is 407 Å². The van der Waals surface area contributed by atoms with E-state index < -0.39 is 0 Å². The first-order chi connectivity index (χ1) is 31.2. The number of carbonyl (C=O) groups is 1.